The molecule has 0 unspecified atom stereocenters. The van der Waals surface area contributed by atoms with Gasteiger partial charge in [0.15, 0.2) is 0 Å². The van der Waals surface area contributed by atoms with Crippen molar-refractivity contribution in [2.45, 2.75) is 103 Å². The van der Waals surface area contributed by atoms with E-state index in [0.717, 1.165) is 29.8 Å². The summed E-state index contributed by atoms with van der Waals surface area (Å²) in [5, 5.41) is 0. The Morgan fingerprint density at radius 1 is 0.750 bits per heavy atom. The Kier molecular flexibility index (Phi) is 10.6. The third-order valence-electron chi connectivity index (χ3n) is 8.55. The third-order valence-corrected chi connectivity index (χ3v) is 8.55. The van der Waals surface area contributed by atoms with E-state index < -0.39 is 0 Å². The van der Waals surface area contributed by atoms with Gasteiger partial charge in [-0.15, -0.1) is 0 Å². The van der Waals surface area contributed by atoms with E-state index in [1.165, 1.54) is 88.2 Å². The van der Waals surface area contributed by atoms with Gasteiger partial charge in [-0.1, -0.05) is 74.8 Å². The first-order valence-electron chi connectivity index (χ1n) is 14.8. The van der Waals surface area contributed by atoms with Crippen molar-refractivity contribution in [3.05, 3.63) is 77.4 Å². The fourth-order valence-electron chi connectivity index (χ4n) is 6.26. The number of unbranched alkanes of at least 4 members (excludes halogenated alkanes) is 2. The number of benzene rings is 2. The Morgan fingerprint density at radius 3 is 1.97 bits per heavy atom. The molecule has 1 nitrogen and oxygen atoms in total. The standard InChI is InChI=1S/C35H46O/c1-3-5-6-9-28-12-18-31(19-13-28)32-20-14-29(15-21-32)10-7-8-11-30-16-22-33(23-17-30)34-24-26-35(27-25-34)36-4-2/h8,11,14-15,20-21,24-28,30-31,33H,3-6,9,12-13,16-19,22-23H2,1-2H3. The van der Waals surface area contributed by atoms with Crippen LogP contribution in [-0.4, -0.2) is 6.61 Å². The van der Waals surface area contributed by atoms with Gasteiger partial charge in [0, 0.05) is 5.56 Å². The summed E-state index contributed by atoms with van der Waals surface area (Å²) < 4.78 is 5.58. The SMILES string of the molecule is CCCCCC1CCC(c2ccc(C#CC=CC3CCC(c4ccc(OCC)cc4)CC3)cc2)CC1. The summed E-state index contributed by atoms with van der Waals surface area (Å²) in [6.07, 6.45) is 20.7. The molecule has 0 spiro atoms. The van der Waals surface area contributed by atoms with E-state index in [4.69, 9.17) is 4.74 Å². The lowest BCUT2D eigenvalue weighted by atomic mass is 9.77. The van der Waals surface area contributed by atoms with Crippen LogP contribution in [0.25, 0.3) is 0 Å². The van der Waals surface area contributed by atoms with Crippen molar-refractivity contribution in [2.75, 3.05) is 6.61 Å². The molecule has 0 heterocycles. The van der Waals surface area contributed by atoms with E-state index >= 15 is 0 Å². The van der Waals surface area contributed by atoms with Crippen LogP contribution in [0.2, 0.25) is 0 Å². The van der Waals surface area contributed by atoms with Gasteiger partial charge in [-0.2, -0.15) is 0 Å². The molecule has 0 aliphatic heterocycles. The molecule has 0 amide bonds. The van der Waals surface area contributed by atoms with Crippen molar-refractivity contribution in [1.82, 2.24) is 0 Å². The zero-order valence-corrected chi connectivity index (χ0v) is 22.7. The zero-order chi connectivity index (χ0) is 25.0. The van der Waals surface area contributed by atoms with Crippen LogP contribution in [0.1, 0.15) is 119 Å². The highest BCUT2D eigenvalue weighted by atomic mass is 16.5. The van der Waals surface area contributed by atoms with Crippen molar-refractivity contribution >= 4 is 0 Å². The number of hydrogen-bond donors (Lipinski definition) is 0. The average molecular weight is 483 g/mol. The Labute approximate surface area is 220 Å². The molecule has 2 aliphatic carbocycles. The molecule has 1 heteroatoms. The predicted molar refractivity (Wildman–Crippen MR) is 154 cm³/mol. The van der Waals surface area contributed by atoms with Crippen LogP contribution in [0.5, 0.6) is 5.75 Å². The molecule has 2 saturated carbocycles. The maximum Gasteiger partial charge on any atom is 0.119 e. The molecular formula is C35H46O. The molecule has 2 aromatic rings. The highest BCUT2D eigenvalue weighted by Gasteiger charge is 2.22. The Balaban J connectivity index is 1.18. The summed E-state index contributed by atoms with van der Waals surface area (Å²) in [6.45, 7) is 5.06. The van der Waals surface area contributed by atoms with E-state index in [2.05, 4.69) is 79.4 Å². The third kappa shape index (κ3) is 8.03. The quantitative estimate of drug-likeness (QED) is 0.255. The summed E-state index contributed by atoms with van der Waals surface area (Å²) in [6, 6.07) is 17.9. The Hall–Kier alpha value is -2.46. The highest BCUT2D eigenvalue weighted by Crippen LogP contribution is 2.38. The second-order valence-electron chi connectivity index (χ2n) is 11.1. The van der Waals surface area contributed by atoms with Gasteiger partial charge in [0.05, 0.1) is 6.61 Å². The Morgan fingerprint density at radius 2 is 1.36 bits per heavy atom. The van der Waals surface area contributed by atoms with E-state index in [1.54, 1.807) is 0 Å². The second kappa shape index (κ2) is 14.3. The lowest BCUT2D eigenvalue weighted by Gasteiger charge is -2.29. The van der Waals surface area contributed by atoms with Gasteiger partial charge in [-0.3, -0.25) is 0 Å². The monoisotopic (exact) mass is 482 g/mol. The Bertz CT molecular complexity index is 972. The molecule has 2 fully saturated rings. The lowest BCUT2D eigenvalue weighted by molar-refractivity contribution is 0.303. The van der Waals surface area contributed by atoms with Crippen LogP contribution in [0.15, 0.2) is 60.7 Å². The van der Waals surface area contributed by atoms with E-state index in [1.807, 2.05) is 6.92 Å². The molecule has 2 aromatic carbocycles. The minimum Gasteiger partial charge on any atom is -0.494 e. The topological polar surface area (TPSA) is 9.23 Å². The molecule has 0 saturated heterocycles. The van der Waals surface area contributed by atoms with Gasteiger partial charge in [0.1, 0.15) is 5.75 Å². The van der Waals surface area contributed by atoms with Crippen molar-refractivity contribution in [3.63, 3.8) is 0 Å². The second-order valence-corrected chi connectivity index (χ2v) is 11.1. The normalized spacial score (nSPS) is 24.3. The molecule has 0 bridgehead atoms. The molecule has 4 rings (SSSR count). The molecular weight excluding hydrogens is 436 g/mol. The first-order valence-corrected chi connectivity index (χ1v) is 14.8. The predicted octanol–water partition coefficient (Wildman–Crippen LogP) is 9.82. The fraction of sp³-hybridized carbons (Fsp3) is 0.543. The molecule has 2 aliphatic rings. The summed E-state index contributed by atoms with van der Waals surface area (Å²) in [5.74, 6) is 10.7. The van der Waals surface area contributed by atoms with Crippen LogP contribution >= 0.6 is 0 Å². The fourth-order valence-corrected chi connectivity index (χ4v) is 6.26. The summed E-state index contributed by atoms with van der Waals surface area (Å²) in [5.41, 5.74) is 4.12. The van der Waals surface area contributed by atoms with Crippen molar-refractivity contribution < 1.29 is 4.74 Å². The molecule has 36 heavy (non-hydrogen) atoms. The molecule has 0 atom stereocenters. The first-order chi connectivity index (χ1) is 17.7. The maximum atomic E-state index is 5.58. The largest absolute Gasteiger partial charge is 0.494 e. The van der Waals surface area contributed by atoms with Crippen molar-refractivity contribution in [2.24, 2.45) is 11.8 Å². The average Bonchev–Trinajstić information content (AvgIpc) is 2.93. The highest BCUT2D eigenvalue weighted by molar-refractivity contribution is 5.39. The van der Waals surface area contributed by atoms with E-state index in [0.29, 0.717) is 11.8 Å². The minimum atomic E-state index is 0.665. The molecule has 0 aromatic heterocycles. The minimum absolute atomic E-state index is 0.665. The summed E-state index contributed by atoms with van der Waals surface area (Å²) in [4.78, 5) is 0. The van der Waals surface area contributed by atoms with Crippen LogP contribution in [0.3, 0.4) is 0 Å². The summed E-state index contributed by atoms with van der Waals surface area (Å²) in [7, 11) is 0. The van der Waals surface area contributed by atoms with Gasteiger partial charge in [-0.05, 0) is 123 Å². The van der Waals surface area contributed by atoms with Crippen LogP contribution in [-0.2, 0) is 0 Å². The van der Waals surface area contributed by atoms with E-state index in [-0.39, 0.29) is 0 Å². The van der Waals surface area contributed by atoms with Crippen molar-refractivity contribution in [3.8, 4) is 17.6 Å². The smallest absolute Gasteiger partial charge is 0.119 e. The number of hydrogen-bond acceptors (Lipinski definition) is 1. The van der Waals surface area contributed by atoms with Gasteiger partial charge in [0.2, 0.25) is 0 Å². The maximum absolute atomic E-state index is 5.58. The number of ether oxygens (including phenoxy) is 1. The van der Waals surface area contributed by atoms with Crippen molar-refractivity contribution in [1.29, 1.82) is 0 Å². The zero-order valence-electron chi connectivity index (χ0n) is 22.7. The summed E-state index contributed by atoms with van der Waals surface area (Å²) >= 11 is 0. The van der Waals surface area contributed by atoms with Crippen LogP contribution in [0.4, 0.5) is 0 Å². The van der Waals surface area contributed by atoms with E-state index in [9.17, 15) is 0 Å². The molecule has 192 valence electrons. The van der Waals surface area contributed by atoms with Gasteiger partial charge >= 0.3 is 0 Å². The molecule has 0 N–H and O–H groups in total. The molecule has 0 radical (unpaired) electrons. The number of rotatable bonds is 9. The lowest BCUT2D eigenvalue weighted by Crippen LogP contribution is -2.13. The van der Waals surface area contributed by atoms with Gasteiger partial charge in [0.25, 0.3) is 0 Å². The van der Waals surface area contributed by atoms with Crippen LogP contribution in [0, 0.1) is 23.7 Å². The van der Waals surface area contributed by atoms with Gasteiger partial charge < -0.3 is 4.74 Å². The van der Waals surface area contributed by atoms with Crippen LogP contribution < -0.4 is 4.74 Å². The number of allylic oxidation sites excluding steroid dienone is 2. The van der Waals surface area contributed by atoms with Gasteiger partial charge in [-0.25, -0.2) is 0 Å². The first kappa shape index (κ1) is 26.6.